The highest BCUT2D eigenvalue weighted by molar-refractivity contribution is 5.77. The number of nitrogens with one attached hydrogen (secondary N) is 1. The summed E-state index contributed by atoms with van der Waals surface area (Å²) in [4.78, 5) is 8.30. The van der Waals surface area contributed by atoms with Crippen LogP contribution in [0.5, 0.6) is 0 Å². The first kappa shape index (κ1) is 12.9. The minimum Gasteiger partial charge on any atom is -0.341 e. The third-order valence-electron chi connectivity index (χ3n) is 4.18. The summed E-state index contributed by atoms with van der Waals surface area (Å²) in [6, 6.07) is 14.9. The van der Waals surface area contributed by atoms with Gasteiger partial charge in [0.25, 0.3) is 0 Å². The van der Waals surface area contributed by atoms with Gasteiger partial charge in [-0.3, -0.25) is 0 Å². The SMILES string of the molecule is Cc1cc2nc(C(C)(C)c3ccccc3)[nH]c2cc1C. The quantitative estimate of drug-likeness (QED) is 0.725. The number of aromatic amines is 1. The van der Waals surface area contributed by atoms with E-state index < -0.39 is 0 Å². The Balaban J connectivity index is 2.15. The minimum absolute atomic E-state index is 0.123. The van der Waals surface area contributed by atoms with Crippen molar-refractivity contribution in [2.24, 2.45) is 0 Å². The fourth-order valence-corrected chi connectivity index (χ4v) is 2.56. The third kappa shape index (κ3) is 2.01. The van der Waals surface area contributed by atoms with E-state index in [2.05, 4.69) is 69.1 Å². The highest BCUT2D eigenvalue weighted by Gasteiger charge is 2.26. The molecule has 0 saturated carbocycles. The Morgan fingerprint density at radius 2 is 1.60 bits per heavy atom. The summed E-state index contributed by atoms with van der Waals surface area (Å²) < 4.78 is 0. The lowest BCUT2D eigenvalue weighted by Crippen LogP contribution is -2.20. The molecule has 0 saturated heterocycles. The topological polar surface area (TPSA) is 28.7 Å². The average molecular weight is 264 g/mol. The standard InChI is InChI=1S/C18H20N2/c1-12-10-15-16(11-13(12)2)20-17(19-15)18(3,4)14-8-6-5-7-9-14/h5-11H,1-4H3,(H,19,20). The number of H-pyrrole nitrogens is 1. The predicted octanol–water partition coefficient (Wildman–Crippen LogP) is 4.51. The van der Waals surface area contributed by atoms with E-state index in [4.69, 9.17) is 4.98 Å². The maximum absolute atomic E-state index is 4.81. The molecular formula is C18H20N2. The Labute approximate surface area is 119 Å². The maximum Gasteiger partial charge on any atom is 0.117 e. The fraction of sp³-hybridized carbons (Fsp3) is 0.278. The molecular weight excluding hydrogens is 244 g/mol. The van der Waals surface area contributed by atoms with Crippen molar-refractivity contribution in [3.8, 4) is 0 Å². The van der Waals surface area contributed by atoms with E-state index in [9.17, 15) is 0 Å². The van der Waals surface area contributed by atoms with Crippen LogP contribution >= 0.6 is 0 Å². The molecule has 3 rings (SSSR count). The highest BCUT2D eigenvalue weighted by atomic mass is 14.9. The van der Waals surface area contributed by atoms with Gasteiger partial charge in [0.05, 0.1) is 11.0 Å². The van der Waals surface area contributed by atoms with E-state index in [0.717, 1.165) is 16.9 Å². The van der Waals surface area contributed by atoms with Gasteiger partial charge >= 0.3 is 0 Å². The molecule has 0 radical (unpaired) electrons. The van der Waals surface area contributed by atoms with Crippen LogP contribution in [0.4, 0.5) is 0 Å². The normalized spacial score (nSPS) is 12.0. The molecule has 0 fully saturated rings. The summed E-state index contributed by atoms with van der Waals surface area (Å²) >= 11 is 0. The molecule has 0 aliphatic heterocycles. The molecule has 0 spiro atoms. The van der Waals surface area contributed by atoms with Gasteiger partial charge in [0.2, 0.25) is 0 Å². The van der Waals surface area contributed by atoms with Crippen LogP contribution in [-0.2, 0) is 5.41 Å². The van der Waals surface area contributed by atoms with Gasteiger partial charge in [-0.25, -0.2) is 4.98 Å². The second-order valence-electron chi connectivity index (χ2n) is 6.03. The van der Waals surface area contributed by atoms with Crippen molar-refractivity contribution in [2.45, 2.75) is 33.1 Å². The molecule has 0 bridgehead atoms. The van der Waals surface area contributed by atoms with Crippen molar-refractivity contribution < 1.29 is 0 Å². The van der Waals surface area contributed by atoms with Crippen LogP contribution in [0.25, 0.3) is 11.0 Å². The van der Waals surface area contributed by atoms with Crippen molar-refractivity contribution in [3.63, 3.8) is 0 Å². The lowest BCUT2D eigenvalue weighted by atomic mass is 9.84. The molecule has 1 aromatic heterocycles. The van der Waals surface area contributed by atoms with Gasteiger partial charge in [-0.1, -0.05) is 30.3 Å². The molecule has 1 N–H and O–H groups in total. The molecule has 2 heteroatoms. The van der Waals surface area contributed by atoms with Gasteiger partial charge in [-0.05, 0) is 56.5 Å². The molecule has 0 amide bonds. The second kappa shape index (κ2) is 4.48. The van der Waals surface area contributed by atoms with Crippen LogP contribution in [0.3, 0.4) is 0 Å². The van der Waals surface area contributed by atoms with E-state index in [-0.39, 0.29) is 5.41 Å². The minimum atomic E-state index is -0.123. The largest absolute Gasteiger partial charge is 0.341 e. The molecule has 1 heterocycles. The zero-order chi connectivity index (χ0) is 14.3. The zero-order valence-electron chi connectivity index (χ0n) is 12.5. The first-order chi connectivity index (χ1) is 9.48. The van der Waals surface area contributed by atoms with Gasteiger partial charge in [-0.2, -0.15) is 0 Å². The number of rotatable bonds is 2. The molecule has 20 heavy (non-hydrogen) atoms. The smallest absolute Gasteiger partial charge is 0.117 e. The summed E-state index contributed by atoms with van der Waals surface area (Å²) in [6.45, 7) is 8.68. The molecule has 2 nitrogen and oxygen atoms in total. The van der Waals surface area contributed by atoms with Gasteiger partial charge in [0.1, 0.15) is 5.82 Å². The van der Waals surface area contributed by atoms with Crippen LogP contribution < -0.4 is 0 Å². The second-order valence-corrected chi connectivity index (χ2v) is 6.03. The molecule has 102 valence electrons. The Hall–Kier alpha value is -2.09. The van der Waals surface area contributed by atoms with E-state index in [1.165, 1.54) is 16.7 Å². The monoisotopic (exact) mass is 264 g/mol. The average Bonchev–Trinajstić information content (AvgIpc) is 2.84. The number of imidazole rings is 1. The molecule has 0 unspecified atom stereocenters. The molecule has 0 atom stereocenters. The number of aryl methyl sites for hydroxylation is 2. The number of hydrogen-bond donors (Lipinski definition) is 1. The molecule has 2 aromatic carbocycles. The Morgan fingerprint density at radius 3 is 2.30 bits per heavy atom. The summed E-state index contributed by atoms with van der Waals surface area (Å²) in [5.74, 6) is 1.02. The van der Waals surface area contributed by atoms with Crippen LogP contribution in [0, 0.1) is 13.8 Å². The van der Waals surface area contributed by atoms with Crippen LogP contribution in [0.2, 0.25) is 0 Å². The fourth-order valence-electron chi connectivity index (χ4n) is 2.56. The van der Waals surface area contributed by atoms with E-state index in [1.54, 1.807) is 0 Å². The van der Waals surface area contributed by atoms with Crippen molar-refractivity contribution in [1.29, 1.82) is 0 Å². The Morgan fingerprint density at radius 1 is 0.950 bits per heavy atom. The third-order valence-corrected chi connectivity index (χ3v) is 4.18. The van der Waals surface area contributed by atoms with Crippen molar-refractivity contribution in [3.05, 3.63) is 65.0 Å². The van der Waals surface area contributed by atoms with Gasteiger partial charge in [0.15, 0.2) is 0 Å². The lowest BCUT2D eigenvalue weighted by molar-refractivity contribution is 0.601. The summed E-state index contributed by atoms with van der Waals surface area (Å²) in [5, 5.41) is 0. The van der Waals surface area contributed by atoms with Crippen LogP contribution in [0.1, 0.15) is 36.4 Å². The van der Waals surface area contributed by atoms with E-state index >= 15 is 0 Å². The van der Waals surface area contributed by atoms with Gasteiger partial charge in [0, 0.05) is 5.41 Å². The zero-order valence-corrected chi connectivity index (χ0v) is 12.5. The number of hydrogen-bond acceptors (Lipinski definition) is 1. The van der Waals surface area contributed by atoms with E-state index in [1.807, 2.05) is 6.07 Å². The van der Waals surface area contributed by atoms with Gasteiger partial charge < -0.3 is 4.98 Å². The predicted molar refractivity (Wildman–Crippen MR) is 84.1 cm³/mol. The number of aromatic nitrogens is 2. The Bertz CT molecular complexity index is 713. The van der Waals surface area contributed by atoms with Crippen molar-refractivity contribution >= 4 is 11.0 Å². The Kier molecular flexibility index (Phi) is 2.89. The molecule has 0 aliphatic rings. The van der Waals surface area contributed by atoms with E-state index in [0.29, 0.717) is 0 Å². The maximum atomic E-state index is 4.81. The van der Waals surface area contributed by atoms with Crippen LogP contribution in [-0.4, -0.2) is 9.97 Å². The first-order valence-electron chi connectivity index (χ1n) is 7.01. The van der Waals surface area contributed by atoms with Crippen molar-refractivity contribution in [2.75, 3.05) is 0 Å². The summed E-state index contributed by atoms with van der Waals surface area (Å²) in [5.41, 5.74) is 5.90. The summed E-state index contributed by atoms with van der Waals surface area (Å²) in [7, 11) is 0. The number of nitrogens with zero attached hydrogens (tertiary/aromatic N) is 1. The van der Waals surface area contributed by atoms with Gasteiger partial charge in [-0.15, -0.1) is 0 Å². The highest BCUT2D eigenvalue weighted by Crippen LogP contribution is 2.31. The number of benzene rings is 2. The van der Waals surface area contributed by atoms with Crippen LogP contribution in [0.15, 0.2) is 42.5 Å². The molecule has 3 aromatic rings. The number of fused-ring (bicyclic) bond motifs is 1. The first-order valence-corrected chi connectivity index (χ1v) is 7.01. The van der Waals surface area contributed by atoms with Crippen molar-refractivity contribution in [1.82, 2.24) is 9.97 Å². The molecule has 0 aliphatic carbocycles. The lowest BCUT2D eigenvalue weighted by Gasteiger charge is -2.22. The summed E-state index contributed by atoms with van der Waals surface area (Å²) in [6.07, 6.45) is 0.